The molecule has 8 nitrogen and oxygen atoms in total. The van der Waals surface area contributed by atoms with E-state index in [1.807, 2.05) is 52.4 Å². The summed E-state index contributed by atoms with van der Waals surface area (Å²) in [5.41, 5.74) is 2.16. The lowest BCUT2D eigenvalue weighted by Crippen LogP contribution is -2.09. The third-order valence-electron chi connectivity index (χ3n) is 5.23. The molecule has 2 N–H and O–H groups in total. The van der Waals surface area contributed by atoms with Crippen molar-refractivity contribution < 1.29 is 9.90 Å². The molecule has 3 aromatic heterocycles. The van der Waals surface area contributed by atoms with Crippen LogP contribution in [0.4, 0.5) is 0 Å². The average molecular weight is 483 g/mol. The summed E-state index contributed by atoms with van der Waals surface area (Å²) in [7, 11) is 0. The normalized spacial score (nSPS) is 11.8. The second-order valence-corrected chi connectivity index (χ2v) is 8.96. The Bertz CT molecular complexity index is 1250. The first kappa shape index (κ1) is 22.9. The van der Waals surface area contributed by atoms with E-state index in [0.717, 1.165) is 28.9 Å². The van der Waals surface area contributed by atoms with Crippen LogP contribution in [0, 0.1) is 0 Å². The topological polar surface area (TPSA) is 110 Å². The number of carbonyl (C=O) groups is 1. The van der Waals surface area contributed by atoms with Crippen LogP contribution in [-0.4, -0.2) is 41.3 Å². The Kier molecular flexibility index (Phi) is 7.31. The van der Waals surface area contributed by atoms with Gasteiger partial charge in [-0.1, -0.05) is 49.2 Å². The van der Waals surface area contributed by atoms with Crippen molar-refractivity contribution in [2.75, 3.05) is 0 Å². The maximum Gasteiger partial charge on any atom is 0.356 e. The summed E-state index contributed by atoms with van der Waals surface area (Å²) in [5, 5.41) is 26.9. The number of nitrogens with one attached hydrogen (secondary N) is 1. The number of aromatic carboxylic acids is 1. The molecule has 0 bridgehead atoms. The van der Waals surface area contributed by atoms with E-state index in [0.29, 0.717) is 41.8 Å². The minimum atomic E-state index is -1.08. The number of rotatable bonds is 10. The number of aromatic nitrogens is 6. The molecule has 0 aliphatic rings. The number of aromatic amines is 1. The first-order chi connectivity index (χ1) is 16.1. The molecule has 10 heteroatoms. The fraction of sp³-hybridized carbons (Fsp3) is 0.261. The fourth-order valence-corrected chi connectivity index (χ4v) is 4.50. The van der Waals surface area contributed by atoms with Crippen LogP contribution >= 0.6 is 22.9 Å². The van der Waals surface area contributed by atoms with Gasteiger partial charge in [0.25, 0.3) is 0 Å². The van der Waals surface area contributed by atoms with Crippen molar-refractivity contribution in [2.45, 2.75) is 39.2 Å². The molecule has 0 amide bonds. The van der Waals surface area contributed by atoms with Gasteiger partial charge in [-0.2, -0.15) is 0 Å². The van der Waals surface area contributed by atoms with Crippen LogP contribution in [0.25, 0.3) is 11.6 Å². The minimum Gasteiger partial charge on any atom is -0.476 e. The molecular weight excluding hydrogens is 460 g/mol. The number of thiophene rings is 1. The Hall–Kier alpha value is -3.30. The van der Waals surface area contributed by atoms with Crippen molar-refractivity contribution in [3.8, 4) is 0 Å². The van der Waals surface area contributed by atoms with E-state index in [1.54, 1.807) is 11.3 Å². The van der Waals surface area contributed by atoms with Gasteiger partial charge in [0.1, 0.15) is 5.82 Å². The van der Waals surface area contributed by atoms with Crippen molar-refractivity contribution in [1.29, 1.82) is 0 Å². The van der Waals surface area contributed by atoms with Crippen LogP contribution in [0.3, 0.4) is 0 Å². The zero-order valence-corrected chi connectivity index (χ0v) is 19.6. The fourth-order valence-electron chi connectivity index (χ4n) is 3.58. The molecule has 0 fully saturated rings. The number of unbranched alkanes of at least 4 members (excludes halogenated alkanes) is 1. The van der Waals surface area contributed by atoms with Gasteiger partial charge in [-0.25, -0.2) is 14.9 Å². The van der Waals surface area contributed by atoms with Crippen LogP contribution in [0.1, 0.15) is 58.0 Å². The van der Waals surface area contributed by atoms with E-state index in [2.05, 4.69) is 32.5 Å². The Morgan fingerprint density at radius 2 is 2.12 bits per heavy atom. The van der Waals surface area contributed by atoms with Gasteiger partial charge in [-0.15, -0.1) is 16.4 Å². The second kappa shape index (κ2) is 10.5. The number of halogens is 1. The third-order valence-corrected chi connectivity index (χ3v) is 6.48. The number of hydrogen-bond donors (Lipinski definition) is 2. The van der Waals surface area contributed by atoms with Gasteiger partial charge in [0.2, 0.25) is 0 Å². The molecule has 0 saturated heterocycles. The first-order valence-electron chi connectivity index (χ1n) is 10.6. The molecule has 0 unspecified atom stereocenters. The predicted molar refractivity (Wildman–Crippen MR) is 128 cm³/mol. The molecule has 3 heterocycles. The maximum atomic E-state index is 12.2. The quantitative estimate of drug-likeness (QED) is 0.329. The Labute approximate surface area is 200 Å². The van der Waals surface area contributed by atoms with E-state index >= 15 is 0 Å². The first-order valence-corrected chi connectivity index (χ1v) is 11.9. The van der Waals surface area contributed by atoms with Crippen molar-refractivity contribution in [3.05, 3.63) is 80.3 Å². The van der Waals surface area contributed by atoms with Gasteiger partial charge in [-0.3, -0.25) is 0 Å². The number of aryl methyl sites for hydroxylation is 1. The molecule has 1 aromatic carbocycles. The van der Waals surface area contributed by atoms with Gasteiger partial charge in [0.05, 0.1) is 12.2 Å². The van der Waals surface area contributed by atoms with Crippen molar-refractivity contribution in [3.63, 3.8) is 0 Å². The van der Waals surface area contributed by atoms with Gasteiger partial charge in [0, 0.05) is 28.3 Å². The monoisotopic (exact) mass is 482 g/mol. The van der Waals surface area contributed by atoms with E-state index in [4.69, 9.17) is 11.6 Å². The van der Waals surface area contributed by atoms with Crippen molar-refractivity contribution in [2.24, 2.45) is 0 Å². The number of benzene rings is 1. The summed E-state index contributed by atoms with van der Waals surface area (Å²) in [4.78, 5) is 17.8. The number of H-pyrrole nitrogens is 1. The molecule has 0 radical (unpaired) electrons. The summed E-state index contributed by atoms with van der Waals surface area (Å²) in [6.07, 6.45) is 4.91. The van der Waals surface area contributed by atoms with E-state index in [9.17, 15) is 9.90 Å². The number of carboxylic acids is 1. The van der Waals surface area contributed by atoms with Crippen molar-refractivity contribution in [1.82, 2.24) is 30.2 Å². The molecule has 0 atom stereocenters. The van der Waals surface area contributed by atoms with Gasteiger partial charge in [0.15, 0.2) is 11.5 Å². The summed E-state index contributed by atoms with van der Waals surface area (Å²) >= 11 is 8.05. The van der Waals surface area contributed by atoms with Crippen LogP contribution in [-0.2, 0) is 19.4 Å². The van der Waals surface area contributed by atoms with E-state index in [1.165, 1.54) is 0 Å². The largest absolute Gasteiger partial charge is 0.476 e. The van der Waals surface area contributed by atoms with Crippen molar-refractivity contribution >= 4 is 40.6 Å². The van der Waals surface area contributed by atoms with Gasteiger partial charge < -0.3 is 9.67 Å². The van der Waals surface area contributed by atoms with Crippen LogP contribution in [0.2, 0.25) is 5.02 Å². The molecular formula is C23H23ClN6O2S. The smallest absolute Gasteiger partial charge is 0.356 e. The highest BCUT2D eigenvalue weighted by molar-refractivity contribution is 7.10. The molecule has 0 aliphatic heterocycles. The molecule has 0 spiro atoms. The van der Waals surface area contributed by atoms with Crippen LogP contribution in [0.15, 0.2) is 41.8 Å². The lowest BCUT2D eigenvalue weighted by molar-refractivity contribution is 0.0690. The number of hydrogen-bond acceptors (Lipinski definition) is 6. The molecule has 33 heavy (non-hydrogen) atoms. The second-order valence-electron chi connectivity index (χ2n) is 7.52. The maximum absolute atomic E-state index is 12.2. The summed E-state index contributed by atoms with van der Waals surface area (Å²) < 4.78 is 1.94. The Morgan fingerprint density at radius 1 is 1.27 bits per heavy atom. The summed E-state index contributed by atoms with van der Waals surface area (Å²) in [6, 6.07) is 11.6. The Morgan fingerprint density at radius 3 is 2.79 bits per heavy atom. The lowest BCUT2D eigenvalue weighted by Gasteiger charge is -2.13. The van der Waals surface area contributed by atoms with E-state index < -0.39 is 5.97 Å². The SMILES string of the molecule is CCCCc1nc(C(=O)O)c(C=C(Cc2cccs2)c2nnn[nH]2)n1Cc1ccccc1Cl. The highest BCUT2D eigenvalue weighted by Crippen LogP contribution is 2.27. The summed E-state index contributed by atoms with van der Waals surface area (Å²) in [5.74, 6) is 0.120. The highest BCUT2D eigenvalue weighted by Gasteiger charge is 2.22. The average Bonchev–Trinajstić information content (AvgIpc) is 3.56. The van der Waals surface area contributed by atoms with E-state index in [-0.39, 0.29) is 5.69 Å². The van der Waals surface area contributed by atoms with Gasteiger partial charge >= 0.3 is 5.97 Å². The number of nitrogens with zero attached hydrogens (tertiary/aromatic N) is 5. The van der Waals surface area contributed by atoms with Gasteiger partial charge in [-0.05, 0) is 46.0 Å². The zero-order valence-electron chi connectivity index (χ0n) is 18.0. The lowest BCUT2D eigenvalue weighted by atomic mass is 10.1. The zero-order chi connectivity index (χ0) is 23.2. The Balaban J connectivity index is 1.87. The third kappa shape index (κ3) is 5.37. The predicted octanol–water partition coefficient (Wildman–Crippen LogP) is 4.98. The molecule has 170 valence electrons. The number of tetrazole rings is 1. The number of carboxylic acid groups (broad SMARTS) is 1. The van der Waals surface area contributed by atoms with Crippen LogP contribution < -0.4 is 0 Å². The standard InChI is InChI=1S/C23H23ClN6O2S/c1-2-3-10-20-25-21(23(31)32)19(30(20)14-15-7-4-5-9-18(15)24)13-16(22-26-28-29-27-22)12-17-8-6-11-33-17/h4-9,11,13H,2-3,10,12,14H2,1H3,(H,31,32)(H,26,27,28,29). The summed E-state index contributed by atoms with van der Waals surface area (Å²) in [6.45, 7) is 2.50. The molecule has 4 aromatic rings. The highest BCUT2D eigenvalue weighted by atomic mass is 35.5. The molecule has 4 rings (SSSR count). The molecule has 0 saturated carbocycles. The molecule has 0 aliphatic carbocycles. The minimum absolute atomic E-state index is 0.00399. The van der Waals surface area contributed by atoms with Crippen LogP contribution in [0.5, 0.6) is 0 Å². The number of allylic oxidation sites excluding steroid dienone is 1. The number of imidazole rings is 1.